The first-order valence-electron chi connectivity index (χ1n) is 2.74. The van der Waals surface area contributed by atoms with Crippen LogP contribution in [0.15, 0.2) is 12.2 Å². The number of hydrogen-bond donors (Lipinski definition) is 2. The third kappa shape index (κ3) is 2.45. The molecule has 0 aliphatic heterocycles. The molecule has 0 saturated carbocycles. The van der Waals surface area contributed by atoms with Crippen LogP contribution in [0.2, 0.25) is 0 Å². The highest BCUT2D eigenvalue weighted by Gasteiger charge is 2.14. The van der Waals surface area contributed by atoms with E-state index >= 15 is 0 Å². The van der Waals surface area contributed by atoms with E-state index in [-0.39, 0.29) is 5.57 Å². The first kappa shape index (κ1) is 9.58. The van der Waals surface area contributed by atoms with Gasteiger partial charge in [-0.3, -0.25) is 0 Å². The lowest BCUT2D eigenvalue weighted by Gasteiger charge is -2.15. The first-order chi connectivity index (χ1) is 4.63. The van der Waals surface area contributed by atoms with Crippen molar-refractivity contribution in [3.63, 3.8) is 0 Å². The van der Waals surface area contributed by atoms with Crippen molar-refractivity contribution in [3.8, 4) is 0 Å². The van der Waals surface area contributed by atoms with Crippen LogP contribution in [0.5, 0.6) is 0 Å². The smallest absolute Gasteiger partial charge is 0.181 e. The molecule has 0 spiro atoms. The Balaban J connectivity index is 3.82. The van der Waals surface area contributed by atoms with E-state index in [4.69, 9.17) is 10.2 Å². The molecule has 2 N–H and O–H groups in total. The maximum absolute atomic E-state index is 8.87. The van der Waals surface area contributed by atoms with Crippen LogP contribution in [0.25, 0.3) is 0 Å². The van der Waals surface area contributed by atoms with E-state index < -0.39 is 12.6 Å². The van der Waals surface area contributed by atoms with Gasteiger partial charge in [0.25, 0.3) is 0 Å². The molecular weight excluding hydrogens is 136 g/mol. The highest BCUT2D eigenvalue weighted by Crippen LogP contribution is 2.05. The summed E-state index contributed by atoms with van der Waals surface area (Å²) < 4.78 is 8.90. The molecule has 0 aromatic heterocycles. The van der Waals surface area contributed by atoms with E-state index in [0.29, 0.717) is 0 Å². The standard InChI is InChI=1S/C6H12O4/c1-4(5(7)9-2)6(8)10-3/h5-8H,1H2,2-3H3. The van der Waals surface area contributed by atoms with Gasteiger partial charge in [0.1, 0.15) is 0 Å². The van der Waals surface area contributed by atoms with Gasteiger partial charge in [-0.05, 0) is 0 Å². The zero-order valence-corrected chi connectivity index (χ0v) is 6.07. The summed E-state index contributed by atoms with van der Waals surface area (Å²) in [6, 6.07) is 0. The lowest BCUT2D eigenvalue weighted by molar-refractivity contribution is -0.105. The van der Waals surface area contributed by atoms with Crippen molar-refractivity contribution in [1.29, 1.82) is 0 Å². The number of aliphatic hydroxyl groups excluding tert-OH is 2. The average molecular weight is 148 g/mol. The minimum Gasteiger partial charge on any atom is -0.364 e. The largest absolute Gasteiger partial charge is 0.364 e. The van der Waals surface area contributed by atoms with Gasteiger partial charge < -0.3 is 19.7 Å². The lowest BCUT2D eigenvalue weighted by atomic mass is 10.3. The number of hydrogen-bond acceptors (Lipinski definition) is 4. The SMILES string of the molecule is C=C(C(O)OC)C(O)OC. The van der Waals surface area contributed by atoms with Gasteiger partial charge in [0, 0.05) is 19.8 Å². The summed E-state index contributed by atoms with van der Waals surface area (Å²) in [5.41, 5.74) is 0.0880. The summed E-state index contributed by atoms with van der Waals surface area (Å²) in [6.07, 6.45) is -2.34. The second-order valence-electron chi connectivity index (χ2n) is 1.75. The van der Waals surface area contributed by atoms with E-state index in [2.05, 4.69) is 16.1 Å². The predicted octanol–water partition coefficient (Wildman–Crippen LogP) is -0.528. The fourth-order valence-corrected chi connectivity index (χ4v) is 0.425. The molecule has 4 heteroatoms. The molecule has 0 fully saturated rings. The third-order valence-corrected chi connectivity index (χ3v) is 1.08. The van der Waals surface area contributed by atoms with Crippen LogP contribution >= 0.6 is 0 Å². The van der Waals surface area contributed by atoms with Crippen molar-refractivity contribution in [2.75, 3.05) is 14.2 Å². The van der Waals surface area contributed by atoms with Gasteiger partial charge in [-0.1, -0.05) is 6.58 Å². The molecule has 0 radical (unpaired) electrons. The van der Waals surface area contributed by atoms with Crippen molar-refractivity contribution >= 4 is 0 Å². The van der Waals surface area contributed by atoms with E-state index in [9.17, 15) is 0 Å². The summed E-state index contributed by atoms with van der Waals surface area (Å²) in [6.45, 7) is 3.35. The van der Waals surface area contributed by atoms with Gasteiger partial charge in [0.05, 0.1) is 0 Å². The van der Waals surface area contributed by atoms with E-state index in [1.165, 1.54) is 14.2 Å². The van der Waals surface area contributed by atoms with Crippen LogP contribution in [-0.4, -0.2) is 37.0 Å². The Morgan fingerprint density at radius 1 is 1.20 bits per heavy atom. The number of rotatable bonds is 4. The quantitative estimate of drug-likeness (QED) is 0.415. The maximum Gasteiger partial charge on any atom is 0.181 e. The van der Waals surface area contributed by atoms with E-state index in [1.54, 1.807) is 0 Å². The predicted molar refractivity (Wildman–Crippen MR) is 35.2 cm³/mol. The molecule has 0 saturated heterocycles. The molecule has 2 atom stereocenters. The molecular formula is C6H12O4. The Morgan fingerprint density at radius 2 is 1.50 bits per heavy atom. The molecule has 60 valence electrons. The zero-order chi connectivity index (χ0) is 8.15. The summed E-state index contributed by atoms with van der Waals surface area (Å²) in [4.78, 5) is 0. The second kappa shape index (κ2) is 4.40. The van der Waals surface area contributed by atoms with E-state index in [1.807, 2.05) is 0 Å². The molecule has 10 heavy (non-hydrogen) atoms. The fourth-order valence-electron chi connectivity index (χ4n) is 0.425. The number of aliphatic hydroxyl groups is 2. The molecule has 0 bridgehead atoms. The molecule has 0 aromatic rings. The van der Waals surface area contributed by atoms with Gasteiger partial charge in [0.15, 0.2) is 12.6 Å². The minimum atomic E-state index is -1.17. The third-order valence-electron chi connectivity index (χ3n) is 1.08. The highest BCUT2D eigenvalue weighted by molar-refractivity contribution is 5.00. The molecule has 4 nitrogen and oxygen atoms in total. The fraction of sp³-hybridized carbons (Fsp3) is 0.667. The van der Waals surface area contributed by atoms with Gasteiger partial charge in [-0.2, -0.15) is 0 Å². The zero-order valence-electron chi connectivity index (χ0n) is 6.07. The van der Waals surface area contributed by atoms with Gasteiger partial charge in [0.2, 0.25) is 0 Å². The summed E-state index contributed by atoms with van der Waals surface area (Å²) in [5.74, 6) is 0. The normalized spacial score (nSPS) is 16.4. The van der Waals surface area contributed by atoms with Crippen LogP contribution in [0.4, 0.5) is 0 Å². The van der Waals surface area contributed by atoms with Crippen molar-refractivity contribution in [2.24, 2.45) is 0 Å². The molecule has 0 rings (SSSR count). The molecule has 2 unspecified atom stereocenters. The van der Waals surface area contributed by atoms with Crippen LogP contribution in [0.3, 0.4) is 0 Å². The Morgan fingerprint density at radius 3 is 1.70 bits per heavy atom. The Labute approximate surface area is 59.7 Å². The van der Waals surface area contributed by atoms with Gasteiger partial charge in [-0.25, -0.2) is 0 Å². The second-order valence-corrected chi connectivity index (χ2v) is 1.75. The van der Waals surface area contributed by atoms with E-state index in [0.717, 1.165) is 0 Å². The molecule has 0 heterocycles. The Kier molecular flexibility index (Phi) is 4.22. The Bertz CT molecular complexity index is 100. The summed E-state index contributed by atoms with van der Waals surface area (Å²) in [7, 11) is 2.61. The molecule has 0 aliphatic carbocycles. The van der Waals surface area contributed by atoms with Crippen molar-refractivity contribution in [1.82, 2.24) is 0 Å². The monoisotopic (exact) mass is 148 g/mol. The molecule has 0 amide bonds. The molecule has 0 aliphatic rings. The average Bonchev–Trinajstić information content (AvgIpc) is 2.00. The summed E-state index contributed by atoms with van der Waals surface area (Å²) in [5, 5.41) is 17.7. The van der Waals surface area contributed by atoms with Crippen molar-refractivity contribution in [3.05, 3.63) is 12.2 Å². The van der Waals surface area contributed by atoms with Crippen LogP contribution in [0.1, 0.15) is 0 Å². The Hall–Kier alpha value is -0.420. The minimum absolute atomic E-state index is 0.0880. The number of ether oxygens (including phenoxy) is 2. The van der Waals surface area contributed by atoms with Crippen LogP contribution in [0, 0.1) is 0 Å². The van der Waals surface area contributed by atoms with Gasteiger partial charge >= 0.3 is 0 Å². The van der Waals surface area contributed by atoms with Crippen LogP contribution in [-0.2, 0) is 9.47 Å². The topological polar surface area (TPSA) is 58.9 Å². The van der Waals surface area contributed by atoms with Crippen LogP contribution < -0.4 is 0 Å². The summed E-state index contributed by atoms with van der Waals surface area (Å²) >= 11 is 0. The highest BCUT2D eigenvalue weighted by atomic mass is 16.6. The van der Waals surface area contributed by atoms with Crippen molar-refractivity contribution in [2.45, 2.75) is 12.6 Å². The van der Waals surface area contributed by atoms with Crippen molar-refractivity contribution < 1.29 is 19.7 Å². The first-order valence-corrected chi connectivity index (χ1v) is 2.74. The maximum atomic E-state index is 8.87. The number of methoxy groups -OCH3 is 2. The molecule has 0 aromatic carbocycles. The lowest BCUT2D eigenvalue weighted by Crippen LogP contribution is -2.23. The van der Waals surface area contributed by atoms with Gasteiger partial charge in [-0.15, -0.1) is 0 Å².